The molecule has 5 heterocycles. The van der Waals surface area contributed by atoms with Crippen molar-refractivity contribution in [1.82, 2.24) is 36.5 Å². The van der Waals surface area contributed by atoms with Crippen LogP contribution in [0.25, 0.3) is 11.4 Å². The zero-order chi connectivity index (χ0) is 31.7. The van der Waals surface area contributed by atoms with E-state index in [0.717, 1.165) is 9.13 Å². The van der Waals surface area contributed by atoms with Crippen molar-refractivity contribution in [1.29, 1.82) is 0 Å². The molecule has 7 rings (SSSR count). The fraction of sp³-hybridized carbons (Fsp3) is 0.407. The summed E-state index contributed by atoms with van der Waals surface area (Å²) >= 11 is 0. The zero-order valence-electron chi connectivity index (χ0n) is 24.1. The van der Waals surface area contributed by atoms with Crippen LogP contribution in [0.15, 0.2) is 77.5 Å². The molecule has 0 bridgehead atoms. The van der Waals surface area contributed by atoms with Gasteiger partial charge in [0.25, 0.3) is 0 Å². The van der Waals surface area contributed by atoms with Crippen LogP contribution < -0.4 is 22.8 Å². The summed E-state index contributed by atoms with van der Waals surface area (Å²) in [6.45, 7) is 1.78. The second-order valence-corrected chi connectivity index (χ2v) is 15.0. The standard InChI is InChI=1S/C27H30N8O8S2/c36-24-30-14-2-15-31(30)25(37)34(24)20-4-8-22(9-5-20)44(40,41)28-12-1-13-29(19-18-28)45(42,43)23-10-6-21(7-11-23)35-26(38)32-16-3-17-33(32)27(35)39/h4-11H,1-3,12-19H2. The van der Waals surface area contributed by atoms with E-state index in [1.54, 1.807) is 0 Å². The Hall–Kier alpha value is -4.26. The van der Waals surface area contributed by atoms with E-state index in [0.29, 0.717) is 39.0 Å². The summed E-state index contributed by atoms with van der Waals surface area (Å²) < 4.78 is 64.0. The smallest absolute Gasteiger partial charge is 0.246 e. The fourth-order valence-corrected chi connectivity index (χ4v) is 9.21. The van der Waals surface area contributed by atoms with Crippen LogP contribution in [0.2, 0.25) is 0 Å². The molecule has 0 spiro atoms. The Morgan fingerprint density at radius 3 is 1.00 bits per heavy atom. The molecular formula is C27H30N8O8S2. The van der Waals surface area contributed by atoms with E-state index in [1.165, 1.54) is 75.9 Å². The lowest BCUT2D eigenvalue weighted by atomic mass is 10.3. The minimum atomic E-state index is -4.01. The second kappa shape index (κ2) is 10.7. The van der Waals surface area contributed by atoms with Gasteiger partial charge in [0, 0.05) is 52.4 Å². The third-order valence-electron chi connectivity index (χ3n) is 8.59. The van der Waals surface area contributed by atoms with Gasteiger partial charge in [-0.15, -0.1) is 0 Å². The van der Waals surface area contributed by atoms with Crippen molar-refractivity contribution >= 4 is 20.0 Å². The van der Waals surface area contributed by atoms with E-state index in [2.05, 4.69) is 0 Å². The van der Waals surface area contributed by atoms with Gasteiger partial charge >= 0.3 is 22.8 Å². The molecule has 0 unspecified atom stereocenters. The Morgan fingerprint density at radius 1 is 0.400 bits per heavy atom. The van der Waals surface area contributed by atoms with Crippen molar-refractivity contribution in [2.75, 3.05) is 26.2 Å². The summed E-state index contributed by atoms with van der Waals surface area (Å²) in [6.07, 6.45) is 1.65. The average Bonchev–Trinajstić information content (AvgIpc) is 3.76. The van der Waals surface area contributed by atoms with Crippen molar-refractivity contribution in [3.8, 4) is 11.4 Å². The Morgan fingerprint density at radius 2 is 0.689 bits per heavy atom. The Kier molecular flexibility index (Phi) is 6.99. The monoisotopic (exact) mass is 658 g/mol. The maximum absolute atomic E-state index is 13.5. The molecule has 16 nitrogen and oxygen atoms in total. The molecule has 0 saturated carbocycles. The number of rotatable bonds is 6. The lowest BCUT2D eigenvalue weighted by molar-refractivity contribution is 0.404. The maximum atomic E-state index is 13.5. The van der Waals surface area contributed by atoms with Gasteiger partial charge in [0.15, 0.2) is 0 Å². The van der Waals surface area contributed by atoms with E-state index in [9.17, 15) is 36.0 Å². The number of benzene rings is 2. The fourth-order valence-electron chi connectivity index (χ4n) is 6.27. The first-order chi connectivity index (χ1) is 21.5. The Labute approximate surface area is 256 Å². The molecule has 4 aromatic rings. The van der Waals surface area contributed by atoms with Crippen LogP contribution in [-0.2, 0) is 46.2 Å². The number of sulfonamides is 2. The predicted octanol–water partition coefficient (Wildman–Crippen LogP) is -1.19. The minimum Gasteiger partial charge on any atom is -0.246 e. The van der Waals surface area contributed by atoms with E-state index < -0.39 is 42.8 Å². The molecule has 0 N–H and O–H groups in total. The SMILES string of the molecule is O=c1n(-c2ccc(S(=O)(=O)N3CCCN(S(=O)(=O)c4ccc(-n5c(=O)n6n(c5=O)CCC6)cc4)CC3)cc2)c(=O)n2n1CCC2. The normalized spacial score (nSPS) is 17.8. The lowest BCUT2D eigenvalue weighted by Gasteiger charge is -2.22. The summed E-state index contributed by atoms with van der Waals surface area (Å²) in [6, 6.07) is 11.0. The quantitative estimate of drug-likeness (QED) is 0.249. The predicted molar refractivity (Wildman–Crippen MR) is 160 cm³/mol. The van der Waals surface area contributed by atoms with Gasteiger partial charge in [-0.05, 0) is 67.8 Å². The number of aromatic nitrogens is 6. The molecule has 0 amide bonds. The van der Waals surface area contributed by atoms with E-state index in [4.69, 9.17) is 0 Å². The van der Waals surface area contributed by atoms with E-state index in [1.807, 2.05) is 0 Å². The second-order valence-electron chi connectivity index (χ2n) is 11.2. The highest BCUT2D eigenvalue weighted by molar-refractivity contribution is 7.89. The molecule has 238 valence electrons. The highest BCUT2D eigenvalue weighted by atomic mass is 32.2. The van der Waals surface area contributed by atoms with Crippen LogP contribution in [0.3, 0.4) is 0 Å². The van der Waals surface area contributed by atoms with Crippen molar-refractivity contribution in [3.05, 3.63) is 90.5 Å². The molecule has 45 heavy (non-hydrogen) atoms. The topological polar surface area (TPSA) is 173 Å². The van der Waals surface area contributed by atoms with Crippen molar-refractivity contribution in [3.63, 3.8) is 0 Å². The van der Waals surface area contributed by atoms with Crippen molar-refractivity contribution < 1.29 is 16.8 Å². The van der Waals surface area contributed by atoms with Gasteiger partial charge in [-0.25, -0.2) is 63.9 Å². The van der Waals surface area contributed by atoms with Crippen LogP contribution in [0.5, 0.6) is 0 Å². The average molecular weight is 659 g/mol. The first-order valence-electron chi connectivity index (χ1n) is 14.6. The van der Waals surface area contributed by atoms with Gasteiger partial charge in [0.2, 0.25) is 20.0 Å². The van der Waals surface area contributed by atoms with Crippen molar-refractivity contribution in [2.45, 2.75) is 55.2 Å². The van der Waals surface area contributed by atoms with Crippen molar-refractivity contribution in [2.24, 2.45) is 0 Å². The summed E-state index contributed by atoms with van der Waals surface area (Å²) in [4.78, 5) is 50.7. The van der Waals surface area contributed by atoms with Gasteiger partial charge < -0.3 is 0 Å². The molecule has 3 aliphatic heterocycles. The van der Waals surface area contributed by atoms with Gasteiger partial charge in [-0.2, -0.15) is 8.61 Å². The molecule has 0 atom stereocenters. The van der Waals surface area contributed by atoms with Crippen LogP contribution in [-0.4, -0.2) is 79.5 Å². The van der Waals surface area contributed by atoms with Gasteiger partial charge in [0.1, 0.15) is 0 Å². The number of fused-ring (bicyclic) bond motifs is 2. The molecule has 2 aromatic carbocycles. The van der Waals surface area contributed by atoms with Crippen LogP contribution >= 0.6 is 0 Å². The highest BCUT2D eigenvalue weighted by Gasteiger charge is 2.32. The van der Waals surface area contributed by atoms with E-state index in [-0.39, 0.29) is 53.8 Å². The molecule has 1 fully saturated rings. The number of hydrogen-bond acceptors (Lipinski definition) is 8. The maximum Gasteiger partial charge on any atom is 0.351 e. The third-order valence-corrected chi connectivity index (χ3v) is 12.4. The van der Waals surface area contributed by atoms with Gasteiger partial charge in [-0.3, -0.25) is 0 Å². The van der Waals surface area contributed by atoms with E-state index >= 15 is 0 Å². The van der Waals surface area contributed by atoms with Crippen LogP contribution in [0.4, 0.5) is 0 Å². The Balaban J connectivity index is 1.07. The summed E-state index contributed by atoms with van der Waals surface area (Å²) in [5.41, 5.74) is -1.40. The molecule has 2 aromatic heterocycles. The Bertz CT molecular complexity index is 2040. The first-order valence-corrected chi connectivity index (χ1v) is 17.4. The zero-order valence-corrected chi connectivity index (χ0v) is 25.7. The summed E-state index contributed by atoms with van der Waals surface area (Å²) in [7, 11) is -8.02. The highest BCUT2D eigenvalue weighted by Crippen LogP contribution is 2.23. The lowest BCUT2D eigenvalue weighted by Crippen LogP contribution is -2.37. The van der Waals surface area contributed by atoms with Crippen LogP contribution in [0.1, 0.15) is 19.3 Å². The molecule has 0 radical (unpaired) electrons. The first kappa shape index (κ1) is 29.5. The molecule has 3 aliphatic rings. The number of nitrogens with zero attached hydrogens (tertiary/aromatic N) is 8. The molecule has 1 saturated heterocycles. The third kappa shape index (κ3) is 4.62. The van der Waals surface area contributed by atoms with Gasteiger partial charge in [-0.1, -0.05) is 0 Å². The van der Waals surface area contributed by atoms with Gasteiger partial charge in [0.05, 0.1) is 21.2 Å². The summed E-state index contributed by atoms with van der Waals surface area (Å²) in [5.74, 6) is 0. The molecule has 0 aliphatic carbocycles. The minimum absolute atomic E-state index is 0.0409. The largest absolute Gasteiger partial charge is 0.351 e. The molecular weight excluding hydrogens is 628 g/mol. The molecule has 18 heteroatoms. The summed E-state index contributed by atoms with van der Waals surface area (Å²) in [5, 5.41) is 0. The van der Waals surface area contributed by atoms with Crippen LogP contribution in [0, 0.1) is 0 Å². The number of hydrogen-bond donors (Lipinski definition) is 0.